The summed E-state index contributed by atoms with van der Waals surface area (Å²) in [5.74, 6) is 0.259. The van der Waals surface area contributed by atoms with Crippen LogP contribution in [-0.2, 0) is 14.8 Å². The van der Waals surface area contributed by atoms with Gasteiger partial charge in [0.05, 0.1) is 16.6 Å². The Morgan fingerprint density at radius 3 is 2.24 bits per heavy atom. The number of hydrogen-bond acceptors (Lipinski definition) is 4. The number of carbonyl (C=O) groups excluding carboxylic acids is 1. The fraction of sp³-hybridized carbons (Fsp3) is 0.591. The van der Waals surface area contributed by atoms with E-state index in [0.29, 0.717) is 37.4 Å². The number of hydrogen-bond donors (Lipinski definition) is 1. The summed E-state index contributed by atoms with van der Waals surface area (Å²) in [6, 6.07) is 3.60. The Morgan fingerprint density at radius 2 is 1.76 bits per heavy atom. The summed E-state index contributed by atoms with van der Waals surface area (Å²) in [5.41, 5.74) is 2.13. The number of rotatable bonds is 5. The minimum absolute atomic E-state index is 0.0847. The van der Waals surface area contributed by atoms with Crippen LogP contribution >= 0.6 is 0 Å². The highest BCUT2D eigenvalue weighted by Crippen LogP contribution is 2.36. The Morgan fingerprint density at radius 1 is 1.21 bits per heavy atom. The van der Waals surface area contributed by atoms with E-state index in [1.54, 1.807) is 10.4 Å². The molecule has 0 aromatic heterocycles. The summed E-state index contributed by atoms with van der Waals surface area (Å²) in [6.45, 7) is 14.8. The molecule has 160 valence electrons. The minimum Gasteiger partial charge on any atom is -0.319 e. The van der Waals surface area contributed by atoms with Crippen LogP contribution in [0.4, 0.5) is 0 Å². The number of amides is 1. The van der Waals surface area contributed by atoms with Gasteiger partial charge in [-0.05, 0) is 50.7 Å². The third-order valence-corrected chi connectivity index (χ3v) is 8.41. The van der Waals surface area contributed by atoms with Crippen LogP contribution in [0.5, 0.6) is 0 Å². The summed E-state index contributed by atoms with van der Waals surface area (Å²) in [7, 11) is -3.58. The molecule has 1 atom stereocenters. The highest BCUT2D eigenvalue weighted by molar-refractivity contribution is 7.89. The van der Waals surface area contributed by atoms with Crippen LogP contribution in [0.25, 0.3) is 0 Å². The third-order valence-electron chi connectivity index (χ3n) is 6.20. The molecule has 1 spiro atoms. The maximum Gasteiger partial charge on any atom is 0.243 e. The molecule has 1 N–H and O–H groups in total. The van der Waals surface area contributed by atoms with Crippen molar-refractivity contribution >= 4 is 15.9 Å². The fourth-order valence-corrected chi connectivity index (χ4v) is 6.72. The Labute approximate surface area is 175 Å². The lowest BCUT2D eigenvalue weighted by molar-refractivity contribution is -0.133. The second-order valence-corrected chi connectivity index (χ2v) is 10.6. The zero-order valence-corrected chi connectivity index (χ0v) is 19.0. The van der Waals surface area contributed by atoms with Gasteiger partial charge in [-0.15, -0.1) is 6.58 Å². The van der Waals surface area contributed by atoms with E-state index in [9.17, 15) is 13.2 Å². The monoisotopic (exact) mass is 419 g/mol. The molecule has 29 heavy (non-hydrogen) atoms. The summed E-state index contributed by atoms with van der Waals surface area (Å²) in [6.07, 6.45) is 2.88. The highest BCUT2D eigenvalue weighted by atomic mass is 32.2. The molecular formula is C22H33N3O3S. The molecule has 1 unspecified atom stereocenters. The minimum atomic E-state index is -3.58. The van der Waals surface area contributed by atoms with Gasteiger partial charge in [-0.1, -0.05) is 37.6 Å². The van der Waals surface area contributed by atoms with Crippen molar-refractivity contribution in [3.05, 3.63) is 41.5 Å². The lowest BCUT2D eigenvalue weighted by Crippen LogP contribution is -2.59. The van der Waals surface area contributed by atoms with Crippen molar-refractivity contribution in [2.45, 2.75) is 64.1 Å². The average Bonchev–Trinajstić information content (AvgIpc) is 2.87. The molecule has 1 aromatic carbocycles. The second-order valence-electron chi connectivity index (χ2n) is 8.77. The summed E-state index contributed by atoms with van der Waals surface area (Å²) >= 11 is 0. The molecule has 2 heterocycles. The first-order valence-electron chi connectivity index (χ1n) is 10.3. The molecule has 0 bridgehead atoms. The van der Waals surface area contributed by atoms with Crippen LogP contribution in [0.15, 0.2) is 29.7 Å². The Hall–Kier alpha value is -1.70. The van der Waals surface area contributed by atoms with E-state index >= 15 is 0 Å². The van der Waals surface area contributed by atoms with Crippen molar-refractivity contribution in [2.75, 3.05) is 19.6 Å². The third kappa shape index (κ3) is 3.76. The number of sulfonamides is 1. The Bertz CT molecular complexity index is 892. The predicted octanol–water partition coefficient (Wildman–Crippen LogP) is 2.74. The number of nitrogens with one attached hydrogen (secondary N) is 1. The smallest absolute Gasteiger partial charge is 0.243 e. The normalized spacial score (nSPS) is 22.6. The summed E-state index contributed by atoms with van der Waals surface area (Å²) in [5, 5.41) is 3.54. The first-order chi connectivity index (χ1) is 13.5. The second kappa shape index (κ2) is 7.85. The Balaban J connectivity index is 1.86. The van der Waals surface area contributed by atoms with E-state index in [4.69, 9.17) is 0 Å². The van der Waals surface area contributed by atoms with Gasteiger partial charge in [0.2, 0.25) is 15.9 Å². The van der Waals surface area contributed by atoms with Gasteiger partial charge in [-0.2, -0.15) is 4.31 Å². The topological polar surface area (TPSA) is 69.7 Å². The lowest BCUT2D eigenvalue weighted by Gasteiger charge is -2.44. The van der Waals surface area contributed by atoms with Crippen LogP contribution in [0.1, 0.15) is 43.4 Å². The molecule has 0 saturated carbocycles. The number of aryl methyl sites for hydroxylation is 3. The van der Waals surface area contributed by atoms with Crippen molar-refractivity contribution in [3.63, 3.8) is 0 Å². The molecule has 0 aliphatic carbocycles. The first-order valence-corrected chi connectivity index (χ1v) is 11.8. The van der Waals surface area contributed by atoms with Crippen LogP contribution in [0, 0.1) is 26.7 Å². The van der Waals surface area contributed by atoms with Crippen LogP contribution in [-0.4, -0.2) is 54.9 Å². The lowest BCUT2D eigenvalue weighted by atomic mass is 9.97. The maximum atomic E-state index is 13.4. The highest BCUT2D eigenvalue weighted by Gasteiger charge is 2.52. The van der Waals surface area contributed by atoms with Gasteiger partial charge in [-0.3, -0.25) is 10.1 Å². The quantitative estimate of drug-likeness (QED) is 0.745. The molecule has 1 aromatic rings. The zero-order chi connectivity index (χ0) is 21.6. The average molecular weight is 420 g/mol. The summed E-state index contributed by atoms with van der Waals surface area (Å²) in [4.78, 5) is 15.2. The molecule has 7 heteroatoms. The number of benzene rings is 1. The van der Waals surface area contributed by atoms with Crippen molar-refractivity contribution in [2.24, 2.45) is 5.92 Å². The Kier molecular flexibility index (Phi) is 5.96. The predicted molar refractivity (Wildman–Crippen MR) is 115 cm³/mol. The van der Waals surface area contributed by atoms with Gasteiger partial charge in [0.1, 0.15) is 0 Å². The largest absolute Gasteiger partial charge is 0.319 e. The molecule has 0 radical (unpaired) electrons. The van der Waals surface area contributed by atoms with E-state index < -0.39 is 15.7 Å². The van der Waals surface area contributed by atoms with E-state index in [1.807, 2.05) is 51.7 Å². The van der Waals surface area contributed by atoms with Gasteiger partial charge in [0, 0.05) is 19.6 Å². The molecule has 2 aliphatic rings. The van der Waals surface area contributed by atoms with E-state index in [0.717, 1.165) is 16.7 Å². The molecule has 2 saturated heterocycles. The van der Waals surface area contributed by atoms with Crippen LogP contribution in [0.2, 0.25) is 0 Å². The van der Waals surface area contributed by atoms with Gasteiger partial charge in [-0.25, -0.2) is 8.42 Å². The van der Waals surface area contributed by atoms with Crippen molar-refractivity contribution in [1.82, 2.24) is 14.5 Å². The maximum absolute atomic E-state index is 13.4. The summed E-state index contributed by atoms with van der Waals surface area (Å²) < 4.78 is 28.4. The van der Waals surface area contributed by atoms with Crippen molar-refractivity contribution < 1.29 is 13.2 Å². The first kappa shape index (κ1) is 22.0. The number of carbonyl (C=O) groups is 1. The molecule has 2 fully saturated rings. The molecule has 1 amide bonds. The molecule has 2 aliphatic heterocycles. The molecule has 6 nitrogen and oxygen atoms in total. The van der Waals surface area contributed by atoms with Gasteiger partial charge >= 0.3 is 0 Å². The fourth-order valence-electron chi connectivity index (χ4n) is 4.87. The zero-order valence-electron chi connectivity index (χ0n) is 18.2. The van der Waals surface area contributed by atoms with Gasteiger partial charge in [0.15, 0.2) is 0 Å². The van der Waals surface area contributed by atoms with Crippen LogP contribution in [0.3, 0.4) is 0 Å². The SMILES string of the molecule is C=CCN1C(=O)C(C(C)C)NC12CCN(S(=O)(=O)c1c(C)cc(C)cc1C)CC2. The number of nitrogens with zero attached hydrogens (tertiary/aromatic N) is 2. The standard InChI is InChI=1S/C22H33N3O3S/c1-7-10-25-21(26)19(15(2)3)23-22(25)8-11-24(12-9-22)29(27,28)20-17(5)13-16(4)14-18(20)6/h7,13-15,19,23H,1,8-12H2,2-6H3. The van der Waals surface area contributed by atoms with Crippen molar-refractivity contribution in [1.29, 1.82) is 0 Å². The van der Waals surface area contributed by atoms with E-state index in [1.165, 1.54) is 0 Å². The van der Waals surface area contributed by atoms with Gasteiger partial charge in [0.25, 0.3) is 0 Å². The van der Waals surface area contributed by atoms with E-state index in [-0.39, 0.29) is 17.9 Å². The van der Waals surface area contributed by atoms with E-state index in [2.05, 4.69) is 11.9 Å². The van der Waals surface area contributed by atoms with Gasteiger partial charge < -0.3 is 4.90 Å². The van der Waals surface area contributed by atoms with Crippen molar-refractivity contribution in [3.8, 4) is 0 Å². The number of piperidine rings is 1. The molecular weight excluding hydrogens is 386 g/mol. The molecule has 3 rings (SSSR count). The van der Waals surface area contributed by atoms with Crippen LogP contribution < -0.4 is 5.32 Å².